The summed E-state index contributed by atoms with van der Waals surface area (Å²) in [6.07, 6.45) is 3.18. The van der Waals surface area contributed by atoms with Gasteiger partial charge in [-0.15, -0.1) is 11.3 Å². The minimum atomic E-state index is -0.884. The minimum Gasteiger partial charge on any atom is -0.481 e. The van der Waals surface area contributed by atoms with Crippen molar-refractivity contribution in [3.8, 4) is 0 Å². The number of likely N-dealkylation sites (tertiary alicyclic amines) is 1. The van der Waals surface area contributed by atoms with E-state index in [0.717, 1.165) is 29.7 Å². The van der Waals surface area contributed by atoms with Gasteiger partial charge in [0.15, 0.2) is 0 Å². The van der Waals surface area contributed by atoms with Crippen molar-refractivity contribution >= 4 is 34.3 Å². The van der Waals surface area contributed by atoms with Crippen LogP contribution in [0.25, 0.3) is 0 Å². The number of carboxylic acids is 1. The number of ether oxygens (including phenoxy) is 1. The van der Waals surface area contributed by atoms with Crippen molar-refractivity contribution < 1.29 is 24.2 Å². The first-order valence-corrected chi connectivity index (χ1v) is 8.34. The van der Waals surface area contributed by atoms with Crippen LogP contribution >= 0.6 is 11.3 Å². The molecule has 0 radical (unpaired) electrons. The zero-order valence-corrected chi connectivity index (χ0v) is 13.6. The molecule has 7 nitrogen and oxygen atoms in total. The second-order valence-electron chi connectivity index (χ2n) is 5.75. The van der Waals surface area contributed by atoms with E-state index in [-0.39, 0.29) is 12.6 Å². The molecule has 0 bridgehead atoms. The Labute approximate surface area is 137 Å². The van der Waals surface area contributed by atoms with Crippen LogP contribution in [0.2, 0.25) is 0 Å². The zero-order valence-electron chi connectivity index (χ0n) is 12.8. The van der Waals surface area contributed by atoms with Gasteiger partial charge in [-0.1, -0.05) is 0 Å². The van der Waals surface area contributed by atoms with Crippen LogP contribution in [0.15, 0.2) is 0 Å². The molecule has 0 saturated carbocycles. The van der Waals surface area contributed by atoms with Crippen molar-refractivity contribution in [2.75, 3.05) is 25.5 Å². The van der Waals surface area contributed by atoms with E-state index in [1.54, 1.807) is 0 Å². The molecule has 2 N–H and O–H groups in total. The number of amides is 2. The number of nitrogens with zero attached hydrogens (tertiary/aromatic N) is 1. The van der Waals surface area contributed by atoms with Gasteiger partial charge in [0.05, 0.1) is 18.6 Å². The summed E-state index contributed by atoms with van der Waals surface area (Å²) in [6, 6.07) is -0.362. The number of carbonyl (C=O) groups is 3. The zero-order chi connectivity index (χ0) is 16.6. The molecular weight excluding hydrogens is 320 g/mol. The number of hydrogen-bond donors (Lipinski definition) is 2. The maximum absolute atomic E-state index is 12.3. The third-order valence-electron chi connectivity index (χ3n) is 4.36. The number of aliphatic carboxylic acids is 1. The van der Waals surface area contributed by atoms with E-state index in [4.69, 9.17) is 9.84 Å². The smallest absolute Gasteiger partial charge is 0.341 e. The van der Waals surface area contributed by atoms with Crippen LogP contribution < -0.4 is 5.32 Å². The van der Waals surface area contributed by atoms with Crippen molar-refractivity contribution in [3.05, 3.63) is 16.0 Å². The van der Waals surface area contributed by atoms with E-state index in [1.165, 1.54) is 23.3 Å². The molecule has 2 aliphatic rings. The Bertz CT molecular complexity index is 669. The van der Waals surface area contributed by atoms with Crippen molar-refractivity contribution in [1.82, 2.24) is 4.90 Å². The van der Waals surface area contributed by atoms with Crippen molar-refractivity contribution in [2.45, 2.75) is 25.7 Å². The van der Waals surface area contributed by atoms with E-state index in [9.17, 15) is 14.4 Å². The number of esters is 1. The quantitative estimate of drug-likeness (QED) is 0.821. The highest BCUT2D eigenvalue weighted by molar-refractivity contribution is 7.17. The van der Waals surface area contributed by atoms with Gasteiger partial charge in [0.25, 0.3) is 0 Å². The van der Waals surface area contributed by atoms with Crippen LogP contribution in [-0.2, 0) is 22.4 Å². The van der Waals surface area contributed by atoms with Gasteiger partial charge in [-0.2, -0.15) is 0 Å². The van der Waals surface area contributed by atoms with E-state index < -0.39 is 17.9 Å². The summed E-state index contributed by atoms with van der Waals surface area (Å²) in [5, 5.41) is 12.3. The molecule has 124 valence electrons. The van der Waals surface area contributed by atoms with Gasteiger partial charge < -0.3 is 14.7 Å². The summed E-state index contributed by atoms with van der Waals surface area (Å²) in [7, 11) is 1.32. The van der Waals surface area contributed by atoms with Crippen molar-refractivity contribution in [2.24, 2.45) is 5.92 Å². The number of carboxylic acid groups (broad SMARTS) is 1. The van der Waals surface area contributed by atoms with E-state index in [0.29, 0.717) is 23.5 Å². The molecular formula is C15H18N2O5S. The predicted octanol–water partition coefficient (Wildman–Crippen LogP) is 1.96. The lowest BCUT2D eigenvalue weighted by Crippen LogP contribution is -2.34. The van der Waals surface area contributed by atoms with Crippen molar-refractivity contribution in [3.63, 3.8) is 0 Å². The topological polar surface area (TPSA) is 95.9 Å². The highest BCUT2D eigenvalue weighted by Crippen LogP contribution is 2.39. The van der Waals surface area contributed by atoms with Crippen LogP contribution in [0.4, 0.5) is 9.80 Å². The molecule has 1 aliphatic carbocycles. The first-order chi connectivity index (χ1) is 11.0. The molecule has 1 fully saturated rings. The summed E-state index contributed by atoms with van der Waals surface area (Å²) in [4.78, 5) is 38.0. The first kappa shape index (κ1) is 15.8. The normalized spacial score (nSPS) is 19.5. The summed E-state index contributed by atoms with van der Waals surface area (Å²) < 4.78 is 4.84. The van der Waals surface area contributed by atoms with E-state index >= 15 is 0 Å². The molecule has 1 aromatic rings. The van der Waals surface area contributed by atoms with Crippen LogP contribution in [0.1, 0.15) is 33.6 Å². The highest BCUT2D eigenvalue weighted by Gasteiger charge is 2.33. The lowest BCUT2D eigenvalue weighted by Gasteiger charge is -2.16. The van der Waals surface area contributed by atoms with Gasteiger partial charge >= 0.3 is 18.0 Å². The van der Waals surface area contributed by atoms with Gasteiger partial charge in [0, 0.05) is 18.0 Å². The molecule has 8 heteroatoms. The molecule has 1 aliphatic heterocycles. The number of fused-ring (bicyclic) bond motifs is 1. The van der Waals surface area contributed by atoms with Crippen LogP contribution in [0, 0.1) is 5.92 Å². The standard InChI is InChI=1S/C15H18N2O5S/c1-22-14(20)11-9-3-2-4-10(9)23-12(11)16-15(21)17-6-5-8(7-17)13(18)19/h8H,2-7H2,1H3,(H,16,21)(H,18,19). The molecule has 0 spiro atoms. The Morgan fingerprint density at radius 2 is 2.13 bits per heavy atom. The highest BCUT2D eigenvalue weighted by atomic mass is 32.1. The number of rotatable bonds is 3. The lowest BCUT2D eigenvalue weighted by atomic mass is 10.1. The number of aryl methyl sites for hydroxylation is 1. The number of carbonyl (C=O) groups excluding carboxylic acids is 2. The number of anilines is 1. The number of nitrogens with one attached hydrogen (secondary N) is 1. The molecule has 1 aromatic heterocycles. The number of hydrogen-bond acceptors (Lipinski definition) is 5. The average molecular weight is 338 g/mol. The van der Waals surface area contributed by atoms with Gasteiger partial charge in [-0.3, -0.25) is 10.1 Å². The van der Waals surface area contributed by atoms with E-state index in [1.807, 2.05) is 0 Å². The number of thiophene rings is 1. The maximum Gasteiger partial charge on any atom is 0.341 e. The maximum atomic E-state index is 12.3. The van der Waals surface area contributed by atoms with Gasteiger partial charge in [0.2, 0.25) is 0 Å². The fourth-order valence-corrected chi connectivity index (χ4v) is 4.40. The molecule has 1 unspecified atom stereocenters. The minimum absolute atomic E-state index is 0.194. The largest absolute Gasteiger partial charge is 0.481 e. The van der Waals surface area contributed by atoms with Gasteiger partial charge in [-0.05, 0) is 31.2 Å². The Balaban J connectivity index is 1.77. The average Bonchev–Trinajstić information content (AvgIpc) is 3.21. The number of urea groups is 1. The Morgan fingerprint density at radius 3 is 2.78 bits per heavy atom. The summed E-state index contributed by atoms with van der Waals surface area (Å²) in [6.45, 7) is 0.598. The fourth-order valence-electron chi connectivity index (χ4n) is 3.13. The molecule has 1 atom stereocenters. The number of methoxy groups -OCH3 is 1. The third-order valence-corrected chi connectivity index (χ3v) is 5.56. The fraction of sp³-hybridized carbons (Fsp3) is 0.533. The van der Waals surface area contributed by atoms with Crippen molar-refractivity contribution in [1.29, 1.82) is 0 Å². The summed E-state index contributed by atoms with van der Waals surface area (Å²) in [5.41, 5.74) is 1.43. The molecule has 23 heavy (non-hydrogen) atoms. The van der Waals surface area contributed by atoms with Gasteiger partial charge in [-0.25, -0.2) is 9.59 Å². The van der Waals surface area contributed by atoms with Gasteiger partial charge in [0.1, 0.15) is 5.00 Å². The molecule has 1 saturated heterocycles. The Hall–Kier alpha value is -2.09. The monoisotopic (exact) mass is 338 g/mol. The Morgan fingerprint density at radius 1 is 1.35 bits per heavy atom. The summed E-state index contributed by atoms with van der Waals surface area (Å²) in [5.74, 6) is -1.84. The SMILES string of the molecule is COC(=O)c1c(NC(=O)N2CCC(C(=O)O)C2)sc2c1CCC2. The predicted molar refractivity (Wildman–Crippen MR) is 84.0 cm³/mol. The molecule has 3 rings (SSSR count). The lowest BCUT2D eigenvalue weighted by molar-refractivity contribution is -0.141. The molecule has 2 amide bonds. The van der Waals surface area contributed by atoms with Crippen LogP contribution in [0.5, 0.6) is 0 Å². The van der Waals surface area contributed by atoms with E-state index in [2.05, 4.69) is 5.32 Å². The second-order valence-corrected chi connectivity index (χ2v) is 6.86. The van der Waals surface area contributed by atoms with Crippen LogP contribution in [0.3, 0.4) is 0 Å². The molecule has 0 aromatic carbocycles. The third kappa shape index (κ3) is 2.90. The second kappa shape index (κ2) is 6.19. The Kier molecular flexibility index (Phi) is 4.25. The summed E-state index contributed by atoms with van der Waals surface area (Å²) >= 11 is 1.41. The van der Waals surface area contributed by atoms with Crippen LogP contribution in [-0.4, -0.2) is 48.2 Å². The first-order valence-electron chi connectivity index (χ1n) is 7.52. The molecule has 2 heterocycles.